The fraction of sp³-hybridized carbons (Fsp3) is 0.688. The highest BCUT2D eigenvalue weighted by Crippen LogP contribution is 2.45. The summed E-state index contributed by atoms with van der Waals surface area (Å²) in [6.07, 6.45) is 5.03. The Balaban J connectivity index is 2.09. The average molecular weight is 277 g/mol. The molecule has 4 heteroatoms. The third-order valence-corrected chi connectivity index (χ3v) is 4.15. The lowest BCUT2D eigenvalue weighted by Crippen LogP contribution is -2.46. The molecular weight excluding hydrogens is 250 g/mol. The van der Waals surface area contributed by atoms with Crippen molar-refractivity contribution in [3.8, 4) is 0 Å². The second kappa shape index (κ2) is 4.83. The van der Waals surface area contributed by atoms with Crippen LogP contribution in [0.5, 0.6) is 0 Å². The first-order valence-corrected chi connectivity index (χ1v) is 7.31. The summed E-state index contributed by atoms with van der Waals surface area (Å²) in [6, 6.07) is 1.96. The number of rotatable bonds is 2. The maximum Gasteiger partial charge on any atom is 0.268 e. The third-order valence-electron chi connectivity index (χ3n) is 4.15. The van der Waals surface area contributed by atoms with Crippen molar-refractivity contribution in [3.63, 3.8) is 0 Å². The summed E-state index contributed by atoms with van der Waals surface area (Å²) < 4.78 is 1.78. The number of carbonyl (C=O) groups excluding carboxylic acids is 1. The molecule has 0 radical (unpaired) electrons. The van der Waals surface area contributed by atoms with Gasteiger partial charge in [-0.3, -0.25) is 4.79 Å². The van der Waals surface area contributed by atoms with E-state index < -0.39 is 0 Å². The van der Waals surface area contributed by atoms with Crippen LogP contribution in [0.3, 0.4) is 0 Å². The van der Waals surface area contributed by atoms with Crippen molar-refractivity contribution < 1.29 is 4.79 Å². The molecule has 1 saturated carbocycles. The van der Waals surface area contributed by atoms with Crippen molar-refractivity contribution in [1.29, 1.82) is 0 Å². The molecule has 1 aromatic rings. The van der Waals surface area contributed by atoms with Gasteiger partial charge in [0, 0.05) is 19.3 Å². The van der Waals surface area contributed by atoms with Crippen molar-refractivity contribution in [2.75, 3.05) is 5.73 Å². The molecule has 0 spiro atoms. The number of amides is 1. The van der Waals surface area contributed by atoms with Gasteiger partial charge in [0.25, 0.3) is 5.91 Å². The molecule has 0 aromatic carbocycles. The lowest BCUT2D eigenvalue weighted by Gasteiger charge is -2.45. The van der Waals surface area contributed by atoms with E-state index in [2.05, 4.69) is 33.0 Å². The molecular formula is C16H27N3O. The highest BCUT2D eigenvalue weighted by Gasteiger charge is 2.39. The van der Waals surface area contributed by atoms with Crippen LogP contribution in [0.1, 0.15) is 57.4 Å². The summed E-state index contributed by atoms with van der Waals surface area (Å²) in [7, 11) is 1.85. The van der Waals surface area contributed by atoms with Crippen LogP contribution in [0.4, 0.5) is 5.69 Å². The van der Waals surface area contributed by atoms with Crippen molar-refractivity contribution in [3.05, 3.63) is 18.0 Å². The second-order valence-corrected chi connectivity index (χ2v) is 7.85. The summed E-state index contributed by atoms with van der Waals surface area (Å²) in [5.74, 6) is -0.0253. The Morgan fingerprint density at radius 3 is 2.30 bits per heavy atom. The first kappa shape index (κ1) is 14.9. The third kappa shape index (κ3) is 3.35. The zero-order valence-electron chi connectivity index (χ0n) is 13.3. The Morgan fingerprint density at radius 1 is 1.30 bits per heavy atom. The monoisotopic (exact) mass is 277 g/mol. The number of nitrogen functional groups attached to an aromatic ring is 1. The van der Waals surface area contributed by atoms with E-state index in [1.807, 2.05) is 7.05 Å². The SMILES string of the molecule is Cn1cc(N)cc1C(=O)NC1CC(C)(C)CC(C)(C)C1. The first-order valence-electron chi connectivity index (χ1n) is 7.31. The number of aromatic nitrogens is 1. The minimum Gasteiger partial charge on any atom is -0.397 e. The standard InChI is InChI=1S/C16H27N3O/c1-15(2)7-12(8-16(3,4)10-15)18-14(20)13-6-11(17)9-19(13)5/h6,9,12H,7-8,10,17H2,1-5H3,(H,18,20). The molecule has 1 amide bonds. The van der Waals surface area contributed by atoms with E-state index in [0.29, 0.717) is 11.4 Å². The fourth-order valence-corrected chi connectivity index (χ4v) is 4.02. The molecule has 1 aromatic heterocycles. The van der Waals surface area contributed by atoms with E-state index in [9.17, 15) is 4.79 Å². The lowest BCUT2D eigenvalue weighted by atomic mass is 9.63. The van der Waals surface area contributed by atoms with Crippen LogP contribution in [0.25, 0.3) is 0 Å². The van der Waals surface area contributed by atoms with E-state index in [1.165, 1.54) is 6.42 Å². The molecule has 1 aliphatic rings. The number of nitrogens with zero attached hydrogens (tertiary/aromatic N) is 1. The molecule has 2 rings (SSSR count). The molecule has 0 bridgehead atoms. The van der Waals surface area contributed by atoms with Gasteiger partial charge in [-0.05, 0) is 36.2 Å². The van der Waals surface area contributed by atoms with E-state index in [0.717, 1.165) is 12.8 Å². The van der Waals surface area contributed by atoms with Gasteiger partial charge in [-0.2, -0.15) is 0 Å². The van der Waals surface area contributed by atoms with Gasteiger partial charge in [0.15, 0.2) is 0 Å². The molecule has 0 unspecified atom stereocenters. The Kier molecular flexibility index (Phi) is 3.61. The minimum atomic E-state index is -0.0253. The molecule has 0 saturated heterocycles. The number of carbonyl (C=O) groups is 1. The Morgan fingerprint density at radius 2 is 1.85 bits per heavy atom. The maximum absolute atomic E-state index is 12.4. The Labute approximate surface area is 121 Å². The summed E-state index contributed by atoms with van der Waals surface area (Å²) >= 11 is 0. The molecule has 1 aliphatic carbocycles. The van der Waals surface area contributed by atoms with Crippen LogP contribution in [-0.2, 0) is 7.05 Å². The van der Waals surface area contributed by atoms with Crippen LogP contribution < -0.4 is 11.1 Å². The topological polar surface area (TPSA) is 60.0 Å². The largest absolute Gasteiger partial charge is 0.397 e. The molecule has 20 heavy (non-hydrogen) atoms. The molecule has 0 atom stereocenters. The van der Waals surface area contributed by atoms with Crippen LogP contribution >= 0.6 is 0 Å². The summed E-state index contributed by atoms with van der Waals surface area (Å²) in [5, 5.41) is 3.19. The van der Waals surface area contributed by atoms with Crippen LogP contribution in [-0.4, -0.2) is 16.5 Å². The van der Waals surface area contributed by atoms with Crippen LogP contribution in [0.2, 0.25) is 0 Å². The van der Waals surface area contributed by atoms with Gasteiger partial charge in [0.1, 0.15) is 5.69 Å². The molecule has 0 aliphatic heterocycles. The number of nitrogens with one attached hydrogen (secondary N) is 1. The average Bonchev–Trinajstić information content (AvgIpc) is 2.52. The van der Waals surface area contributed by atoms with Crippen molar-refractivity contribution in [2.45, 2.75) is 53.0 Å². The van der Waals surface area contributed by atoms with E-state index in [1.54, 1.807) is 16.8 Å². The Hall–Kier alpha value is -1.45. The van der Waals surface area contributed by atoms with Crippen molar-refractivity contribution in [2.24, 2.45) is 17.9 Å². The highest BCUT2D eigenvalue weighted by atomic mass is 16.2. The summed E-state index contributed by atoms with van der Waals surface area (Å²) in [5.41, 5.74) is 7.53. The zero-order chi connectivity index (χ0) is 15.1. The quantitative estimate of drug-likeness (QED) is 0.873. The number of nitrogens with two attached hydrogens (primary N) is 1. The van der Waals surface area contributed by atoms with E-state index in [-0.39, 0.29) is 22.8 Å². The number of aryl methyl sites for hydroxylation is 1. The van der Waals surface area contributed by atoms with Gasteiger partial charge in [-0.1, -0.05) is 27.7 Å². The minimum absolute atomic E-state index is 0.0253. The molecule has 4 nitrogen and oxygen atoms in total. The van der Waals surface area contributed by atoms with E-state index in [4.69, 9.17) is 5.73 Å². The number of anilines is 1. The first-order chi connectivity index (χ1) is 9.08. The predicted octanol–water partition coefficient (Wildman–Crippen LogP) is 2.94. The predicted molar refractivity (Wildman–Crippen MR) is 82.5 cm³/mol. The fourth-order valence-electron chi connectivity index (χ4n) is 4.02. The lowest BCUT2D eigenvalue weighted by molar-refractivity contribution is 0.0708. The molecule has 112 valence electrons. The van der Waals surface area contributed by atoms with Gasteiger partial charge in [-0.15, -0.1) is 0 Å². The molecule has 1 heterocycles. The maximum atomic E-state index is 12.4. The molecule has 3 N–H and O–H groups in total. The number of hydrogen-bond acceptors (Lipinski definition) is 2. The van der Waals surface area contributed by atoms with Crippen LogP contribution in [0, 0.1) is 10.8 Å². The smallest absolute Gasteiger partial charge is 0.268 e. The van der Waals surface area contributed by atoms with Gasteiger partial charge < -0.3 is 15.6 Å². The van der Waals surface area contributed by atoms with Gasteiger partial charge in [-0.25, -0.2) is 0 Å². The molecule has 1 fully saturated rings. The van der Waals surface area contributed by atoms with Crippen molar-refractivity contribution in [1.82, 2.24) is 9.88 Å². The normalized spacial score (nSPS) is 21.6. The van der Waals surface area contributed by atoms with Gasteiger partial charge >= 0.3 is 0 Å². The van der Waals surface area contributed by atoms with Crippen LogP contribution in [0.15, 0.2) is 12.3 Å². The van der Waals surface area contributed by atoms with Gasteiger partial charge in [0.2, 0.25) is 0 Å². The number of hydrogen-bond donors (Lipinski definition) is 2. The van der Waals surface area contributed by atoms with Crippen molar-refractivity contribution >= 4 is 11.6 Å². The summed E-state index contributed by atoms with van der Waals surface area (Å²) in [6.45, 7) is 9.14. The van der Waals surface area contributed by atoms with Gasteiger partial charge in [0.05, 0.1) is 5.69 Å². The Bertz CT molecular complexity index is 498. The zero-order valence-corrected chi connectivity index (χ0v) is 13.3. The van der Waals surface area contributed by atoms with E-state index >= 15 is 0 Å². The second-order valence-electron chi connectivity index (χ2n) is 7.85. The summed E-state index contributed by atoms with van der Waals surface area (Å²) in [4.78, 5) is 12.4. The highest BCUT2D eigenvalue weighted by molar-refractivity contribution is 5.94.